The fourth-order valence-electron chi connectivity index (χ4n) is 3.23. The highest BCUT2D eigenvalue weighted by Crippen LogP contribution is 2.25. The molecule has 6 heteroatoms. The molecule has 2 aromatic heterocycles. The van der Waals surface area contributed by atoms with Crippen LogP contribution in [0.1, 0.15) is 21.8 Å². The standard InChI is InChI=1S/C23H22N4OS/c1-16-8-6-7-11-20(16)21-13-22(25-23(28)12-19-15-29-17(2)24-19)27(26-21)14-18-9-4-3-5-10-18/h3-11,13,15H,12,14H2,1-2H3,(H,25,28). The number of amides is 1. The molecule has 0 saturated carbocycles. The largest absolute Gasteiger partial charge is 0.311 e. The third-order valence-electron chi connectivity index (χ3n) is 4.65. The highest BCUT2D eigenvalue weighted by Gasteiger charge is 2.15. The van der Waals surface area contributed by atoms with Gasteiger partial charge in [0, 0.05) is 17.0 Å². The van der Waals surface area contributed by atoms with Gasteiger partial charge in [0.1, 0.15) is 5.82 Å². The number of anilines is 1. The zero-order chi connectivity index (χ0) is 20.2. The van der Waals surface area contributed by atoms with E-state index < -0.39 is 0 Å². The summed E-state index contributed by atoms with van der Waals surface area (Å²) in [7, 11) is 0. The molecule has 0 aliphatic heterocycles. The second kappa shape index (κ2) is 8.41. The Morgan fingerprint density at radius 1 is 1.07 bits per heavy atom. The molecule has 0 atom stereocenters. The molecule has 5 nitrogen and oxygen atoms in total. The lowest BCUT2D eigenvalue weighted by atomic mass is 10.1. The van der Waals surface area contributed by atoms with Crippen molar-refractivity contribution in [2.45, 2.75) is 26.8 Å². The van der Waals surface area contributed by atoms with Crippen molar-refractivity contribution in [2.24, 2.45) is 0 Å². The minimum Gasteiger partial charge on any atom is -0.311 e. The molecule has 4 rings (SSSR count). The Labute approximate surface area is 174 Å². The maximum Gasteiger partial charge on any atom is 0.231 e. The second-order valence-corrected chi connectivity index (χ2v) is 8.02. The lowest BCUT2D eigenvalue weighted by Crippen LogP contribution is -2.18. The van der Waals surface area contributed by atoms with Gasteiger partial charge < -0.3 is 5.32 Å². The van der Waals surface area contributed by atoms with Crippen molar-refractivity contribution in [2.75, 3.05) is 5.32 Å². The Morgan fingerprint density at radius 2 is 1.83 bits per heavy atom. The molecule has 1 N–H and O–H groups in total. The van der Waals surface area contributed by atoms with Crippen molar-refractivity contribution in [3.05, 3.63) is 87.9 Å². The Balaban J connectivity index is 1.63. The van der Waals surface area contributed by atoms with Crippen molar-refractivity contribution in [1.29, 1.82) is 0 Å². The van der Waals surface area contributed by atoms with Crippen molar-refractivity contribution in [3.8, 4) is 11.3 Å². The predicted molar refractivity (Wildman–Crippen MR) is 117 cm³/mol. The zero-order valence-corrected chi connectivity index (χ0v) is 17.2. The molecular weight excluding hydrogens is 380 g/mol. The molecule has 146 valence electrons. The molecule has 0 radical (unpaired) electrons. The Morgan fingerprint density at radius 3 is 2.55 bits per heavy atom. The van der Waals surface area contributed by atoms with E-state index in [0.29, 0.717) is 12.4 Å². The van der Waals surface area contributed by atoms with Crippen LogP contribution in [-0.2, 0) is 17.8 Å². The van der Waals surface area contributed by atoms with Crippen LogP contribution in [0.5, 0.6) is 0 Å². The van der Waals surface area contributed by atoms with Crippen molar-refractivity contribution in [3.63, 3.8) is 0 Å². The summed E-state index contributed by atoms with van der Waals surface area (Å²) in [5, 5.41) is 10.7. The number of nitrogens with one attached hydrogen (secondary N) is 1. The monoisotopic (exact) mass is 402 g/mol. The van der Waals surface area contributed by atoms with Gasteiger partial charge >= 0.3 is 0 Å². The summed E-state index contributed by atoms with van der Waals surface area (Å²) in [6.07, 6.45) is 0.251. The van der Waals surface area contributed by atoms with Crippen LogP contribution in [0.25, 0.3) is 11.3 Å². The number of rotatable bonds is 6. The lowest BCUT2D eigenvalue weighted by molar-refractivity contribution is -0.115. The summed E-state index contributed by atoms with van der Waals surface area (Å²) in [6.45, 7) is 4.59. The van der Waals surface area contributed by atoms with Gasteiger partial charge in [0.25, 0.3) is 0 Å². The maximum absolute atomic E-state index is 12.6. The van der Waals surface area contributed by atoms with Gasteiger partial charge in [0.05, 0.1) is 29.4 Å². The number of benzene rings is 2. The Hall–Kier alpha value is -3.25. The van der Waals surface area contributed by atoms with E-state index in [9.17, 15) is 4.79 Å². The molecule has 0 aliphatic carbocycles. The van der Waals surface area contributed by atoms with Crippen molar-refractivity contribution in [1.82, 2.24) is 14.8 Å². The molecule has 29 heavy (non-hydrogen) atoms. The summed E-state index contributed by atoms with van der Waals surface area (Å²) in [4.78, 5) is 17.0. The molecule has 0 unspecified atom stereocenters. The number of carbonyl (C=O) groups is 1. The fraction of sp³-hybridized carbons (Fsp3) is 0.174. The van der Waals surface area contributed by atoms with E-state index in [-0.39, 0.29) is 12.3 Å². The van der Waals surface area contributed by atoms with E-state index in [1.54, 1.807) is 11.3 Å². The first-order valence-electron chi connectivity index (χ1n) is 9.47. The molecule has 0 spiro atoms. The topological polar surface area (TPSA) is 59.8 Å². The van der Waals surface area contributed by atoms with Gasteiger partial charge in [-0.1, -0.05) is 54.6 Å². The molecule has 0 saturated heterocycles. The van der Waals surface area contributed by atoms with Gasteiger partial charge in [-0.3, -0.25) is 4.79 Å². The summed E-state index contributed by atoms with van der Waals surface area (Å²) < 4.78 is 1.85. The minimum atomic E-state index is -0.0964. The van der Waals surface area contributed by atoms with E-state index in [1.807, 2.05) is 59.5 Å². The second-order valence-electron chi connectivity index (χ2n) is 6.96. The molecule has 1 amide bonds. The van der Waals surface area contributed by atoms with Crippen LogP contribution in [0.4, 0.5) is 5.82 Å². The zero-order valence-electron chi connectivity index (χ0n) is 16.4. The van der Waals surface area contributed by atoms with Crippen LogP contribution in [0, 0.1) is 13.8 Å². The number of thiazole rings is 1. The van der Waals surface area contributed by atoms with Gasteiger partial charge in [-0.05, 0) is 25.0 Å². The predicted octanol–water partition coefficient (Wildman–Crippen LogP) is 4.85. The normalized spacial score (nSPS) is 10.8. The van der Waals surface area contributed by atoms with Gasteiger partial charge in [0.15, 0.2) is 0 Å². The molecule has 4 aromatic rings. The lowest BCUT2D eigenvalue weighted by Gasteiger charge is -2.08. The number of nitrogens with zero attached hydrogens (tertiary/aromatic N) is 3. The number of hydrogen-bond acceptors (Lipinski definition) is 4. The van der Waals surface area contributed by atoms with Crippen molar-refractivity contribution < 1.29 is 4.79 Å². The van der Waals surface area contributed by atoms with Crippen LogP contribution in [-0.4, -0.2) is 20.7 Å². The molecule has 0 bridgehead atoms. The van der Waals surface area contributed by atoms with E-state index in [1.165, 1.54) is 0 Å². The Kier molecular flexibility index (Phi) is 5.53. The summed E-state index contributed by atoms with van der Waals surface area (Å²) >= 11 is 1.55. The summed E-state index contributed by atoms with van der Waals surface area (Å²) in [5.74, 6) is 0.588. The smallest absolute Gasteiger partial charge is 0.231 e. The van der Waals surface area contributed by atoms with Crippen LogP contribution < -0.4 is 5.32 Å². The fourth-order valence-corrected chi connectivity index (χ4v) is 3.84. The first-order valence-corrected chi connectivity index (χ1v) is 10.3. The van der Waals surface area contributed by atoms with Crippen LogP contribution >= 0.6 is 11.3 Å². The van der Waals surface area contributed by atoms with E-state index in [2.05, 4.69) is 35.4 Å². The summed E-state index contributed by atoms with van der Waals surface area (Å²) in [5.41, 5.74) is 4.97. The van der Waals surface area contributed by atoms with E-state index in [0.717, 1.165) is 33.1 Å². The first-order chi connectivity index (χ1) is 14.1. The third-order valence-corrected chi connectivity index (χ3v) is 5.47. The van der Waals surface area contributed by atoms with Gasteiger partial charge in [0.2, 0.25) is 5.91 Å². The van der Waals surface area contributed by atoms with Crippen molar-refractivity contribution >= 4 is 23.1 Å². The first kappa shape index (κ1) is 19.1. The minimum absolute atomic E-state index is 0.0964. The van der Waals surface area contributed by atoms with E-state index >= 15 is 0 Å². The van der Waals surface area contributed by atoms with Gasteiger partial charge in [-0.25, -0.2) is 9.67 Å². The van der Waals surface area contributed by atoms with Gasteiger partial charge in [-0.2, -0.15) is 5.10 Å². The number of aryl methyl sites for hydroxylation is 2. The number of carbonyl (C=O) groups excluding carboxylic acids is 1. The Bertz CT molecular complexity index is 1130. The molecule has 2 heterocycles. The number of hydrogen-bond donors (Lipinski definition) is 1. The SMILES string of the molecule is Cc1nc(CC(=O)Nc2cc(-c3ccccc3C)nn2Cc2ccccc2)cs1. The molecular formula is C23H22N4OS. The van der Waals surface area contributed by atoms with Gasteiger partial charge in [-0.15, -0.1) is 11.3 Å². The highest BCUT2D eigenvalue weighted by molar-refractivity contribution is 7.09. The average Bonchev–Trinajstić information content (AvgIpc) is 3.29. The highest BCUT2D eigenvalue weighted by atomic mass is 32.1. The molecule has 0 aliphatic rings. The quantitative estimate of drug-likeness (QED) is 0.501. The number of aromatic nitrogens is 3. The average molecular weight is 403 g/mol. The molecule has 0 fully saturated rings. The van der Waals surface area contributed by atoms with E-state index in [4.69, 9.17) is 5.10 Å². The van der Waals surface area contributed by atoms with Crippen LogP contribution in [0.15, 0.2) is 66.0 Å². The third kappa shape index (κ3) is 4.60. The van der Waals surface area contributed by atoms with Crippen LogP contribution in [0.2, 0.25) is 0 Å². The maximum atomic E-state index is 12.6. The molecule has 2 aromatic carbocycles. The van der Waals surface area contributed by atoms with Crippen LogP contribution in [0.3, 0.4) is 0 Å². The summed E-state index contributed by atoms with van der Waals surface area (Å²) in [6, 6.07) is 20.2.